The van der Waals surface area contributed by atoms with Crippen LogP contribution in [-0.2, 0) is 4.74 Å². The number of hydrogen-bond donors (Lipinski definition) is 10. The molecule has 790 valence electrons. The number of nitrogens with one attached hydrogen (secondary N) is 10. The van der Waals surface area contributed by atoms with Gasteiger partial charge in [-0.15, -0.1) is 0 Å². The third-order valence-electron chi connectivity index (χ3n) is 31.8. The molecule has 0 radical (unpaired) electrons. The minimum atomic E-state index is -4.18. The predicted molar refractivity (Wildman–Crippen MR) is 537 cm³/mol. The van der Waals surface area contributed by atoms with E-state index in [4.69, 9.17) is 17.9 Å². The number of fused-ring (bicyclic) bond motifs is 15. The first-order valence-electron chi connectivity index (χ1n) is 51.7. The minimum absolute atomic E-state index is 0.0151. The number of alkyl halides is 11. The molecule has 0 saturated heterocycles. The molecule has 10 aromatic rings. The van der Waals surface area contributed by atoms with Crippen LogP contribution in [0.25, 0.3) is 64.9 Å². The standard InChI is InChI=1S/C22H25F3N6O.C21H27F2N5O.C20H24F2N6O.C20H27F2N5O2.C20H27F2N5O/c1-26-12-30-13-31(18-16-6-9-27-19(16)28-11-17(18)20(30)32)15-4-2-14(3-5-15)10-29-21(7-8-21)22(23,24)25;22-18(23)11-24-9-13-1-3-14(4-2-13)27-12-28(15-5-6-15)21(29)17-10-26-20-16(19(17)27)7-8-25-20;1-23-11-27-12-28(14-4-2-13(3-5-14)8-24-10-17(21)22)18-15-6-7-25-19(15)26-9-16(18)20(27)29;1-29-12-26-11-27(14-4-2-13(3-5-14)8-23-10-17(21)22)18-15-6-7-24-19(15)25-9-16(18)20(26)28;1-2-26-12-27(14-5-3-13(4-6-14)9-23-11-17(21)22)18-15-7-8-24-19(15)25-10-16(18)20(26)28/h6,9,11,14-15,29H,2-5,7-8,10,12-13H2,(H,27,28);7-8,10,13-15,18,24H,1-6,9,11-12H2,(H,25,26);6-7,9,13-14,17,24H,2-5,8,10-12H2,(H,25,26);6-7,9,13-14,17,23H,2-5,8,10-12H2,1H3,(H,24,25);7-8,10,13-14,17,23H,2-6,9,11-12H2,1H3,(H,24,25). The van der Waals surface area contributed by atoms with Crippen LogP contribution in [0.4, 0.5) is 76.7 Å². The van der Waals surface area contributed by atoms with Crippen molar-refractivity contribution >= 4 is 113 Å². The van der Waals surface area contributed by atoms with Gasteiger partial charge in [-0.2, -0.15) is 13.2 Å². The number of amides is 5. The van der Waals surface area contributed by atoms with Crippen LogP contribution in [0.1, 0.15) is 213 Å². The molecule has 22 rings (SSSR count). The number of nitrogens with zero attached hydrogens (tertiary/aromatic N) is 17. The van der Waals surface area contributed by atoms with E-state index < -0.39 is 37.4 Å². The quantitative estimate of drug-likeness (QED) is 0.0148. The summed E-state index contributed by atoms with van der Waals surface area (Å²) in [5.74, 6) is 1.60. The molecule has 0 unspecified atom stereocenters. The number of halogens is 11. The summed E-state index contributed by atoms with van der Waals surface area (Å²) in [4.78, 5) is 129. The maximum absolute atomic E-state index is 13.2. The molecule has 0 spiro atoms. The number of anilines is 5. The van der Waals surface area contributed by atoms with Gasteiger partial charge >= 0.3 is 6.18 Å². The van der Waals surface area contributed by atoms with Gasteiger partial charge in [-0.1, -0.05) is 0 Å². The van der Waals surface area contributed by atoms with Crippen LogP contribution in [0.15, 0.2) is 92.3 Å². The molecule has 7 aliphatic carbocycles. The van der Waals surface area contributed by atoms with Gasteiger partial charge in [0.2, 0.25) is 0 Å². The Balaban J connectivity index is 0.000000120. The molecule has 0 aromatic carbocycles. The highest BCUT2D eigenvalue weighted by molar-refractivity contribution is 6.13. The highest BCUT2D eigenvalue weighted by atomic mass is 19.4. The maximum Gasteiger partial charge on any atom is 0.406 e. The van der Waals surface area contributed by atoms with Gasteiger partial charge in [0.25, 0.3) is 68.6 Å². The van der Waals surface area contributed by atoms with Crippen LogP contribution in [0, 0.1) is 42.7 Å². The van der Waals surface area contributed by atoms with Crippen molar-refractivity contribution < 1.29 is 77.0 Å². The van der Waals surface area contributed by atoms with Crippen molar-refractivity contribution in [2.45, 2.75) is 235 Å². The number of pyridine rings is 5. The van der Waals surface area contributed by atoms with Crippen LogP contribution < -0.4 is 51.1 Å². The fourth-order valence-electron chi connectivity index (χ4n) is 23.7. The molecule has 10 N–H and O–H groups in total. The first-order chi connectivity index (χ1) is 71.2. The Bertz CT molecular complexity index is 6270. The number of hydrogen-bond acceptors (Lipinski definition) is 21. The molecule has 5 amide bonds. The van der Waals surface area contributed by atoms with Crippen LogP contribution in [-0.4, -0.2) is 304 Å². The number of rotatable bonds is 30. The zero-order valence-electron chi connectivity index (χ0n) is 82.7. The fourth-order valence-corrected chi connectivity index (χ4v) is 23.7. The molecule has 0 bridgehead atoms. The Labute approximate surface area is 844 Å². The van der Waals surface area contributed by atoms with Crippen molar-refractivity contribution in [1.82, 2.24) is 101 Å². The van der Waals surface area contributed by atoms with Crippen molar-refractivity contribution in [3.8, 4) is 0 Å². The van der Waals surface area contributed by atoms with Gasteiger partial charge in [-0.25, -0.2) is 73.2 Å². The van der Waals surface area contributed by atoms with Crippen molar-refractivity contribution in [3.05, 3.63) is 143 Å². The second-order valence-electron chi connectivity index (χ2n) is 41.1. The molecule has 7 saturated carbocycles. The second kappa shape index (κ2) is 46.7. The number of H-pyrrole nitrogens is 5. The summed E-state index contributed by atoms with van der Waals surface area (Å²) >= 11 is 0. The van der Waals surface area contributed by atoms with Gasteiger partial charge in [-0.3, -0.25) is 48.4 Å². The van der Waals surface area contributed by atoms with Gasteiger partial charge < -0.3 is 90.5 Å². The molecule has 7 fully saturated rings. The highest BCUT2D eigenvalue weighted by Crippen LogP contribution is 2.51. The summed E-state index contributed by atoms with van der Waals surface area (Å²) in [6.45, 7) is 21.7. The summed E-state index contributed by atoms with van der Waals surface area (Å²) in [5.41, 5.74) is 9.84. The lowest BCUT2D eigenvalue weighted by Crippen LogP contribution is -2.52. The SMILES string of the molecule is CCN1CN(C2CCC(CNCC(F)F)CC2)c2c(cnc3[nH]ccc23)C1=O.COCN1CN(C2CCC(CNCC(F)F)CC2)c2c(cnc3[nH]ccc23)C1=O.O=C1c2cnc3[nH]ccc3c2N(C2CCC(CNCC(F)F)CC2)CN1C1CC1.[C-]#[N+]CN1CN(C2CCC(CNC3(C(F)(F)F)CC3)CC2)c2c(cnc3[nH]ccc23)C1=O.[C-]#[N+]CN1CN(C2CCC(CNCC(F)F)CC2)c2c(cnc3[nH]ccc23)C1=O. The lowest BCUT2D eigenvalue weighted by atomic mass is 9.84. The van der Waals surface area contributed by atoms with Crippen LogP contribution in [0.5, 0.6) is 0 Å². The Kier molecular flexibility index (Phi) is 33.2. The van der Waals surface area contributed by atoms with Crippen molar-refractivity contribution in [2.24, 2.45) is 29.6 Å². The Morgan fingerprint density at radius 2 is 0.605 bits per heavy atom. The number of aromatic nitrogens is 10. The highest BCUT2D eigenvalue weighted by Gasteiger charge is 2.63. The van der Waals surface area contributed by atoms with Crippen molar-refractivity contribution in [3.63, 3.8) is 0 Å². The molecular weight excluding hydrogens is 1920 g/mol. The molecule has 10 aromatic heterocycles. The average Bonchev–Trinajstić information content (AvgIpc) is 1.05. The monoisotopic (exact) mass is 2050 g/mol. The summed E-state index contributed by atoms with van der Waals surface area (Å²) in [7, 11) is 1.58. The van der Waals surface area contributed by atoms with Gasteiger partial charge in [0.15, 0.2) is 0 Å². The minimum Gasteiger partial charge on any atom is -0.364 e. The van der Waals surface area contributed by atoms with Crippen molar-refractivity contribution in [2.75, 3.05) is 150 Å². The maximum atomic E-state index is 13.2. The third-order valence-corrected chi connectivity index (χ3v) is 31.8. The lowest BCUT2D eigenvalue weighted by Gasteiger charge is -2.45. The fraction of sp³-hybridized carbons (Fsp3) is 0.592. The summed E-state index contributed by atoms with van der Waals surface area (Å²) in [5, 5.41) is 19.0. The number of carbonyl (C=O) groups excluding carboxylic acids is 5. The predicted octanol–water partition coefficient (Wildman–Crippen LogP) is 16.4. The summed E-state index contributed by atoms with van der Waals surface area (Å²) < 4.78 is 144. The normalized spacial score (nSPS) is 23.6. The van der Waals surface area contributed by atoms with Crippen LogP contribution >= 0.6 is 0 Å². The molecule has 0 atom stereocenters. The molecule has 15 heterocycles. The number of methoxy groups -OCH3 is 1. The Morgan fingerprint density at radius 1 is 0.361 bits per heavy atom. The number of aromatic amines is 5. The smallest absolute Gasteiger partial charge is 0.364 e. The Hall–Kier alpha value is -12.2. The first-order valence-corrected chi connectivity index (χ1v) is 51.7. The van der Waals surface area contributed by atoms with E-state index in [2.05, 4.69) is 111 Å². The number of carbonyl (C=O) groups is 5. The zero-order chi connectivity index (χ0) is 103. The third kappa shape index (κ3) is 23.4. The Morgan fingerprint density at radius 3 is 0.864 bits per heavy atom. The first kappa shape index (κ1) is 105. The van der Waals surface area contributed by atoms with E-state index in [1.165, 1.54) is 4.90 Å². The van der Waals surface area contributed by atoms with Gasteiger partial charge in [0.05, 0.1) is 102 Å². The number of ether oxygens (including phenoxy) is 1. The second-order valence-corrected chi connectivity index (χ2v) is 41.1. The zero-order valence-corrected chi connectivity index (χ0v) is 82.7. The van der Waals surface area contributed by atoms with Crippen LogP contribution in [0.2, 0.25) is 0 Å². The van der Waals surface area contributed by atoms with E-state index in [0.29, 0.717) is 148 Å². The van der Waals surface area contributed by atoms with Gasteiger partial charge in [-0.05, 0) is 254 Å². The largest absolute Gasteiger partial charge is 0.406 e. The topological polar surface area (TPSA) is 339 Å². The summed E-state index contributed by atoms with van der Waals surface area (Å²) in [6.07, 6.45) is 25.5. The molecule has 44 heteroatoms. The molecule has 147 heavy (non-hydrogen) atoms. The lowest BCUT2D eigenvalue weighted by molar-refractivity contribution is -0.166. The van der Waals surface area contributed by atoms with Crippen LogP contribution in [0.3, 0.4) is 0 Å². The van der Waals surface area contributed by atoms with E-state index in [1.807, 2.05) is 71.8 Å². The molecular formula is C103H130F11N27O6. The van der Waals surface area contributed by atoms with E-state index in [-0.39, 0.29) is 113 Å². The molecule has 5 aliphatic heterocycles. The van der Waals surface area contributed by atoms with E-state index in [9.17, 15) is 72.3 Å². The van der Waals surface area contributed by atoms with Crippen molar-refractivity contribution in [1.29, 1.82) is 0 Å². The average molecular weight is 2050 g/mol. The van der Waals surface area contributed by atoms with E-state index in [0.717, 1.165) is 219 Å². The molecule has 12 aliphatic rings. The summed E-state index contributed by atoms with van der Waals surface area (Å²) in [6, 6.07) is 11.5. The van der Waals surface area contributed by atoms with E-state index in [1.54, 1.807) is 54.1 Å². The molecule has 33 nitrogen and oxygen atoms in total. The van der Waals surface area contributed by atoms with E-state index >= 15 is 0 Å². The van der Waals surface area contributed by atoms with Gasteiger partial charge in [0.1, 0.15) is 53.8 Å². The van der Waals surface area contributed by atoms with Gasteiger partial charge in [0, 0.05) is 139 Å².